The lowest BCUT2D eigenvalue weighted by Gasteiger charge is -2.14. The van der Waals surface area contributed by atoms with E-state index in [1.807, 2.05) is 13.8 Å². The van der Waals surface area contributed by atoms with Crippen molar-refractivity contribution in [3.05, 3.63) is 49.9 Å². The van der Waals surface area contributed by atoms with E-state index in [1.165, 1.54) is 7.11 Å². The van der Waals surface area contributed by atoms with Gasteiger partial charge >= 0.3 is 0 Å². The van der Waals surface area contributed by atoms with Crippen LogP contribution in [0.15, 0.2) is 33.2 Å². The second kappa shape index (κ2) is 8.16. The number of aromatic hydroxyl groups is 1. The largest absolute Gasteiger partial charge is 0.506 e. The monoisotopic (exact) mass is 486 g/mol. The Morgan fingerprint density at radius 2 is 1.80 bits per heavy atom. The average molecular weight is 488 g/mol. The number of carbonyl (C=O) groups excluding carboxylic acids is 1. The first-order valence-corrected chi connectivity index (χ1v) is 9.18. The predicted octanol–water partition coefficient (Wildman–Crippen LogP) is 4.67. The van der Waals surface area contributed by atoms with Crippen molar-refractivity contribution >= 4 is 60.8 Å². The molecule has 0 spiro atoms. The van der Waals surface area contributed by atoms with Gasteiger partial charge in [-0.25, -0.2) is 0 Å². The zero-order valence-corrected chi connectivity index (χ0v) is 17.7. The van der Waals surface area contributed by atoms with Crippen molar-refractivity contribution in [3.8, 4) is 11.5 Å². The molecule has 0 aliphatic rings. The van der Waals surface area contributed by atoms with Crippen molar-refractivity contribution in [2.45, 2.75) is 13.8 Å². The summed E-state index contributed by atoms with van der Waals surface area (Å²) in [5.74, 6) is 0.0275. The average Bonchev–Trinajstić information content (AvgIpc) is 2.51. The van der Waals surface area contributed by atoms with Crippen molar-refractivity contribution in [3.63, 3.8) is 0 Å². The Kier molecular flexibility index (Phi) is 6.42. The first-order valence-electron chi connectivity index (χ1n) is 7.18. The van der Waals surface area contributed by atoms with Crippen LogP contribution < -0.4 is 15.4 Å². The highest BCUT2D eigenvalue weighted by Crippen LogP contribution is 2.32. The van der Waals surface area contributed by atoms with Gasteiger partial charge in [-0.3, -0.25) is 10.1 Å². The number of benzene rings is 2. The number of aryl methyl sites for hydroxylation is 2. The maximum atomic E-state index is 12.5. The number of rotatable bonds is 3. The summed E-state index contributed by atoms with van der Waals surface area (Å²) in [4.78, 5) is 12.5. The van der Waals surface area contributed by atoms with Gasteiger partial charge < -0.3 is 15.2 Å². The van der Waals surface area contributed by atoms with Gasteiger partial charge in [-0.1, -0.05) is 15.9 Å². The molecule has 2 rings (SSSR count). The van der Waals surface area contributed by atoms with Gasteiger partial charge in [0.1, 0.15) is 11.5 Å². The Labute approximate surface area is 168 Å². The van der Waals surface area contributed by atoms with Crippen molar-refractivity contribution in [1.29, 1.82) is 0 Å². The van der Waals surface area contributed by atoms with E-state index in [0.717, 1.165) is 15.6 Å². The number of hydrogen-bond donors (Lipinski definition) is 3. The fraction of sp³-hybridized carbons (Fsp3) is 0.176. The Morgan fingerprint density at radius 3 is 2.44 bits per heavy atom. The molecule has 25 heavy (non-hydrogen) atoms. The third-order valence-electron chi connectivity index (χ3n) is 3.54. The van der Waals surface area contributed by atoms with Gasteiger partial charge in [0.25, 0.3) is 5.91 Å². The highest BCUT2D eigenvalue weighted by molar-refractivity contribution is 9.11. The number of methoxy groups -OCH3 is 1. The third kappa shape index (κ3) is 4.71. The zero-order valence-electron chi connectivity index (χ0n) is 13.7. The minimum absolute atomic E-state index is 0.0579. The summed E-state index contributed by atoms with van der Waals surface area (Å²) in [5, 5.41) is 15.5. The smallest absolute Gasteiger partial charge is 0.261 e. The number of hydrogen-bond acceptors (Lipinski definition) is 4. The van der Waals surface area contributed by atoms with Crippen LogP contribution in [0.4, 0.5) is 5.69 Å². The Morgan fingerprint density at radius 1 is 1.16 bits per heavy atom. The van der Waals surface area contributed by atoms with Crippen LogP contribution >= 0.6 is 44.1 Å². The molecule has 1 amide bonds. The first-order chi connectivity index (χ1) is 11.7. The standard InChI is InChI=1S/C17H16Br2N2O3S/c1-8-4-13(14(22)5-9(8)2)20-17(25)21-16(23)11-6-10(18)7-12(19)15(11)24-3/h4-7,22H,1-3H3,(H2,20,21,23,25). The summed E-state index contributed by atoms with van der Waals surface area (Å²) in [6.45, 7) is 3.82. The lowest BCUT2D eigenvalue weighted by molar-refractivity contribution is 0.0974. The van der Waals surface area contributed by atoms with Gasteiger partial charge in [0.15, 0.2) is 5.11 Å². The second-order valence-electron chi connectivity index (χ2n) is 5.33. The van der Waals surface area contributed by atoms with Gasteiger partial charge in [-0.2, -0.15) is 0 Å². The molecule has 0 atom stereocenters. The van der Waals surface area contributed by atoms with Crippen LogP contribution in [0.2, 0.25) is 0 Å². The van der Waals surface area contributed by atoms with Gasteiger partial charge in [0.05, 0.1) is 22.8 Å². The Balaban J connectivity index is 2.19. The third-order valence-corrected chi connectivity index (χ3v) is 4.80. The summed E-state index contributed by atoms with van der Waals surface area (Å²) < 4.78 is 6.63. The molecule has 2 aromatic rings. The SMILES string of the molecule is COc1c(Br)cc(Br)cc1C(=O)NC(=S)Nc1cc(C)c(C)cc1O. The molecule has 132 valence electrons. The molecule has 2 aromatic carbocycles. The fourth-order valence-corrected chi connectivity index (χ4v) is 3.75. The van der Waals surface area contributed by atoms with Crippen LogP contribution in [0.25, 0.3) is 0 Å². The number of halogens is 2. The number of carbonyl (C=O) groups is 1. The lowest BCUT2D eigenvalue weighted by atomic mass is 10.1. The molecular formula is C17H16Br2N2O3S. The van der Waals surface area contributed by atoms with Crippen LogP contribution in [0, 0.1) is 13.8 Å². The van der Waals surface area contributed by atoms with E-state index in [0.29, 0.717) is 21.5 Å². The molecule has 0 aliphatic carbocycles. The highest BCUT2D eigenvalue weighted by atomic mass is 79.9. The molecule has 0 bridgehead atoms. The topological polar surface area (TPSA) is 70.6 Å². The highest BCUT2D eigenvalue weighted by Gasteiger charge is 2.18. The van der Waals surface area contributed by atoms with E-state index < -0.39 is 5.91 Å². The Bertz CT molecular complexity index is 856. The maximum Gasteiger partial charge on any atom is 0.261 e. The number of ether oxygens (including phenoxy) is 1. The van der Waals surface area contributed by atoms with Crippen LogP contribution in [0.5, 0.6) is 11.5 Å². The molecule has 0 heterocycles. The molecule has 0 saturated carbocycles. The van der Waals surface area contributed by atoms with Crippen LogP contribution in [-0.4, -0.2) is 23.2 Å². The lowest BCUT2D eigenvalue weighted by Crippen LogP contribution is -2.34. The van der Waals surface area contributed by atoms with E-state index in [1.54, 1.807) is 24.3 Å². The number of phenolic OH excluding ortho intramolecular Hbond substituents is 1. The van der Waals surface area contributed by atoms with Crippen molar-refractivity contribution < 1.29 is 14.6 Å². The van der Waals surface area contributed by atoms with E-state index in [4.69, 9.17) is 17.0 Å². The van der Waals surface area contributed by atoms with Gasteiger partial charge in [-0.05, 0) is 77.4 Å². The molecule has 8 heteroatoms. The quantitative estimate of drug-likeness (QED) is 0.433. The first kappa shape index (κ1) is 19.7. The predicted molar refractivity (Wildman–Crippen MR) is 110 cm³/mol. The van der Waals surface area contributed by atoms with Crippen LogP contribution in [-0.2, 0) is 0 Å². The second-order valence-corrected chi connectivity index (χ2v) is 7.51. The number of amides is 1. The minimum atomic E-state index is -0.431. The summed E-state index contributed by atoms with van der Waals surface area (Å²) in [6.07, 6.45) is 0. The van der Waals surface area contributed by atoms with E-state index in [2.05, 4.69) is 42.5 Å². The molecule has 3 N–H and O–H groups in total. The van der Waals surface area contributed by atoms with E-state index in [-0.39, 0.29) is 10.9 Å². The Hall–Kier alpha value is -1.64. The zero-order chi connectivity index (χ0) is 18.7. The van der Waals surface area contributed by atoms with E-state index in [9.17, 15) is 9.90 Å². The molecule has 0 saturated heterocycles. The van der Waals surface area contributed by atoms with Gasteiger partial charge in [-0.15, -0.1) is 0 Å². The molecule has 0 aromatic heterocycles. The number of phenols is 1. The molecular weight excluding hydrogens is 472 g/mol. The van der Waals surface area contributed by atoms with Gasteiger partial charge in [0, 0.05) is 4.47 Å². The van der Waals surface area contributed by atoms with Gasteiger partial charge in [0.2, 0.25) is 0 Å². The molecule has 0 unspecified atom stereocenters. The summed E-state index contributed by atoms with van der Waals surface area (Å²) in [7, 11) is 1.48. The normalized spacial score (nSPS) is 10.3. The molecule has 0 aliphatic heterocycles. The number of anilines is 1. The van der Waals surface area contributed by atoms with E-state index >= 15 is 0 Å². The minimum Gasteiger partial charge on any atom is -0.506 e. The van der Waals surface area contributed by atoms with Crippen molar-refractivity contribution in [2.24, 2.45) is 0 Å². The number of thiocarbonyl (C=S) groups is 1. The van der Waals surface area contributed by atoms with Crippen LogP contribution in [0.3, 0.4) is 0 Å². The molecule has 0 fully saturated rings. The summed E-state index contributed by atoms with van der Waals surface area (Å²) >= 11 is 11.9. The van der Waals surface area contributed by atoms with Crippen molar-refractivity contribution in [1.82, 2.24) is 5.32 Å². The molecule has 0 radical (unpaired) electrons. The van der Waals surface area contributed by atoms with Crippen LogP contribution in [0.1, 0.15) is 21.5 Å². The fourth-order valence-electron chi connectivity index (χ4n) is 2.16. The number of nitrogens with one attached hydrogen (secondary N) is 2. The molecule has 5 nitrogen and oxygen atoms in total. The maximum absolute atomic E-state index is 12.5. The van der Waals surface area contributed by atoms with Crippen molar-refractivity contribution in [2.75, 3.05) is 12.4 Å². The summed E-state index contributed by atoms with van der Waals surface area (Å²) in [5.41, 5.74) is 2.70. The summed E-state index contributed by atoms with van der Waals surface area (Å²) in [6, 6.07) is 6.81.